The van der Waals surface area contributed by atoms with Gasteiger partial charge in [0, 0.05) is 18.7 Å². The average Bonchev–Trinajstić information content (AvgIpc) is 3.22. The fraction of sp³-hybridized carbons (Fsp3) is 0.462. The van der Waals surface area contributed by atoms with Gasteiger partial charge >= 0.3 is 0 Å². The molecule has 0 saturated heterocycles. The molecule has 0 radical (unpaired) electrons. The predicted molar refractivity (Wildman–Crippen MR) is 77.3 cm³/mol. The normalized spacial score (nSPS) is 15.8. The van der Waals surface area contributed by atoms with E-state index in [1.165, 1.54) is 12.8 Å². The Morgan fingerprint density at radius 2 is 2.15 bits per heavy atom. The lowest BCUT2D eigenvalue weighted by Crippen LogP contribution is -2.29. The lowest BCUT2D eigenvalue weighted by atomic mass is 10.1. The summed E-state index contributed by atoms with van der Waals surface area (Å²) in [5.74, 6) is 0.625. The number of carbonyl (C=O) groups excluding carboxylic acids is 1. The molecule has 1 aliphatic rings. The second-order valence-electron chi connectivity index (χ2n) is 5.07. The number of nitro groups is 1. The summed E-state index contributed by atoms with van der Waals surface area (Å²) in [6.07, 6.45) is 2.39. The molecule has 0 bridgehead atoms. The number of hydrogen-bond acceptors (Lipinski definition) is 3. The Morgan fingerprint density at radius 1 is 1.50 bits per heavy atom. The first-order chi connectivity index (χ1) is 9.40. The zero-order valence-corrected chi connectivity index (χ0v) is 12.4. The van der Waals surface area contributed by atoms with Crippen molar-refractivity contribution in [1.82, 2.24) is 5.32 Å². The standard InChI is InChI=1S/C13H14Cl2N2O3/c1-7(8-2-3-8)6-16-13(18)10-4-9(17(19)20)5-11(14)12(10)15/h4-5,7-8H,2-3,6H2,1H3,(H,16,18). The summed E-state index contributed by atoms with van der Waals surface area (Å²) < 4.78 is 0. The van der Waals surface area contributed by atoms with Gasteiger partial charge in [0.2, 0.25) is 0 Å². The van der Waals surface area contributed by atoms with Gasteiger partial charge in [-0.25, -0.2) is 0 Å². The summed E-state index contributed by atoms with van der Waals surface area (Å²) >= 11 is 11.8. The summed E-state index contributed by atoms with van der Waals surface area (Å²) in [5, 5.41) is 13.6. The van der Waals surface area contributed by atoms with Crippen LogP contribution in [-0.4, -0.2) is 17.4 Å². The molecule has 1 aromatic rings. The molecule has 1 aliphatic carbocycles. The first kappa shape index (κ1) is 15.1. The molecule has 0 aliphatic heterocycles. The van der Waals surface area contributed by atoms with E-state index in [9.17, 15) is 14.9 Å². The number of amides is 1. The van der Waals surface area contributed by atoms with Gasteiger partial charge in [0.05, 0.1) is 20.5 Å². The van der Waals surface area contributed by atoms with Crippen molar-refractivity contribution in [2.75, 3.05) is 6.54 Å². The molecule has 1 unspecified atom stereocenters. The average molecular weight is 317 g/mol. The highest BCUT2D eigenvalue weighted by Crippen LogP contribution is 2.36. The van der Waals surface area contributed by atoms with Gasteiger partial charge in [-0.2, -0.15) is 0 Å². The molecule has 1 amide bonds. The number of carbonyl (C=O) groups is 1. The van der Waals surface area contributed by atoms with Gasteiger partial charge in [0.25, 0.3) is 11.6 Å². The highest BCUT2D eigenvalue weighted by Gasteiger charge is 2.28. The minimum atomic E-state index is -0.605. The zero-order chi connectivity index (χ0) is 14.9. The third-order valence-electron chi connectivity index (χ3n) is 3.48. The summed E-state index contributed by atoms with van der Waals surface area (Å²) in [4.78, 5) is 22.2. The zero-order valence-electron chi connectivity index (χ0n) is 10.9. The fourth-order valence-corrected chi connectivity index (χ4v) is 2.43. The molecule has 7 heteroatoms. The van der Waals surface area contributed by atoms with Crippen LogP contribution in [0.25, 0.3) is 0 Å². The van der Waals surface area contributed by atoms with Crippen molar-refractivity contribution in [3.05, 3.63) is 37.9 Å². The van der Waals surface area contributed by atoms with E-state index in [1.807, 2.05) is 0 Å². The Hall–Kier alpha value is -1.33. The molecule has 20 heavy (non-hydrogen) atoms. The van der Waals surface area contributed by atoms with Gasteiger partial charge < -0.3 is 5.32 Å². The summed E-state index contributed by atoms with van der Waals surface area (Å²) in [5.41, 5.74) is -0.214. The smallest absolute Gasteiger partial charge is 0.271 e. The number of benzene rings is 1. The van der Waals surface area contributed by atoms with Crippen molar-refractivity contribution in [2.45, 2.75) is 19.8 Å². The Morgan fingerprint density at radius 3 is 2.70 bits per heavy atom. The summed E-state index contributed by atoms with van der Waals surface area (Å²) in [6.45, 7) is 2.60. The topological polar surface area (TPSA) is 72.2 Å². The number of hydrogen-bond donors (Lipinski definition) is 1. The van der Waals surface area contributed by atoms with Crippen LogP contribution in [0.5, 0.6) is 0 Å². The van der Waals surface area contributed by atoms with Gasteiger partial charge in [-0.05, 0) is 24.7 Å². The highest BCUT2D eigenvalue weighted by atomic mass is 35.5. The Bertz CT molecular complexity index is 559. The third kappa shape index (κ3) is 3.41. The maximum absolute atomic E-state index is 12.1. The van der Waals surface area contributed by atoms with Crippen LogP contribution in [0.3, 0.4) is 0 Å². The molecule has 108 valence electrons. The molecule has 0 heterocycles. The SMILES string of the molecule is CC(CNC(=O)c1cc([N+](=O)[O-])cc(Cl)c1Cl)C1CC1. The molecule has 1 fully saturated rings. The lowest BCUT2D eigenvalue weighted by molar-refractivity contribution is -0.384. The van der Waals surface area contributed by atoms with Crippen molar-refractivity contribution in [1.29, 1.82) is 0 Å². The predicted octanol–water partition coefficient (Wildman–Crippen LogP) is 3.68. The molecule has 5 nitrogen and oxygen atoms in total. The van der Waals surface area contributed by atoms with E-state index in [0.717, 1.165) is 12.1 Å². The number of rotatable bonds is 5. The minimum Gasteiger partial charge on any atom is -0.352 e. The van der Waals surface area contributed by atoms with Crippen molar-refractivity contribution in [2.24, 2.45) is 11.8 Å². The number of nitro benzene ring substituents is 1. The van der Waals surface area contributed by atoms with E-state index in [4.69, 9.17) is 23.2 Å². The monoisotopic (exact) mass is 316 g/mol. The van der Waals surface area contributed by atoms with Gasteiger partial charge in [-0.1, -0.05) is 30.1 Å². The van der Waals surface area contributed by atoms with Crippen LogP contribution in [0.4, 0.5) is 5.69 Å². The van der Waals surface area contributed by atoms with Crippen LogP contribution < -0.4 is 5.32 Å². The second kappa shape index (κ2) is 5.97. The summed E-state index contributed by atoms with van der Waals surface area (Å²) in [6, 6.07) is 2.28. The molecule has 2 rings (SSSR count). The first-order valence-electron chi connectivity index (χ1n) is 6.31. The molecule has 1 atom stereocenters. The molecular formula is C13H14Cl2N2O3. The Balaban J connectivity index is 2.13. The van der Waals surface area contributed by atoms with Crippen molar-refractivity contribution in [3.63, 3.8) is 0 Å². The lowest BCUT2D eigenvalue weighted by Gasteiger charge is -2.12. The van der Waals surface area contributed by atoms with Crippen molar-refractivity contribution in [3.8, 4) is 0 Å². The largest absolute Gasteiger partial charge is 0.352 e. The van der Waals surface area contributed by atoms with E-state index in [0.29, 0.717) is 18.4 Å². The molecular weight excluding hydrogens is 303 g/mol. The first-order valence-corrected chi connectivity index (χ1v) is 7.07. The number of nitrogens with zero attached hydrogens (tertiary/aromatic N) is 1. The minimum absolute atomic E-state index is 0.00116. The van der Waals surface area contributed by atoms with Crippen LogP contribution in [-0.2, 0) is 0 Å². The molecule has 1 saturated carbocycles. The summed E-state index contributed by atoms with van der Waals surface area (Å²) in [7, 11) is 0. The molecule has 1 N–H and O–H groups in total. The number of nitrogens with one attached hydrogen (secondary N) is 1. The van der Waals surface area contributed by atoms with Crippen LogP contribution >= 0.6 is 23.2 Å². The van der Waals surface area contributed by atoms with Gasteiger partial charge in [0.1, 0.15) is 0 Å². The number of halogens is 2. The van der Waals surface area contributed by atoms with Crippen molar-refractivity contribution < 1.29 is 9.72 Å². The van der Waals surface area contributed by atoms with Gasteiger partial charge in [-0.3, -0.25) is 14.9 Å². The fourth-order valence-electron chi connectivity index (χ4n) is 2.03. The quantitative estimate of drug-likeness (QED) is 0.665. The maximum Gasteiger partial charge on any atom is 0.271 e. The van der Waals surface area contributed by atoms with E-state index >= 15 is 0 Å². The second-order valence-corrected chi connectivity index (χ2v) is 5.86. The molecule has 0 aromatic heterocycles. The molecule has 1 aromatic carbocycles. The highest BCUT2D eigenvalue weighted by molar-refractivity contribution is 6.44. The van der Waals surface area contributed by atoms with Crippen LogP contribution in [0.1, 0.15) is 30.1 Å². The van der Waals surface area contributed by atoms with E-state index in [-0.39, 0.29) is 21.3 Å². The van der Waals surface area contributed by atoms with Gasteiger partial charge in [0.15, 0.2) is 0 Å². The third-order valence-corrected chi connectivity index (χ3v) is 4.28. The van der Waals surface area contributed by atoms with Crippen LogP contribution in [0, 0.1) is 22.0 Å². The molecule has 0 spiro atoms. The van der Waals surface area contributed by atoms with Crippen molar-refractivity contribution >= 4 is 34.8 Å². The van der Waals surface area contributed by atoms with E-state index in [1.54, 1.807) is 0 Å². The van der Waals surface area contributed by atoms with E-state index < -0.39 is 10.8 Å². The number of non-ortho nitro benzene ring substituents is 1. The Kier molecular flexibility index (Phi) is 4.50. The Labute approximate surface area is 126 Å². The van der Waals surface area contributed by atoms with Gasteiger partial charge in [-0.15, -0.1) is 0 Å². The van der Waals surface area contributed by atoms with Crippen LogP contribution in [0.2, 0.25) is 10.0 Å². The van der Waals surface area contributed by atoms with Crippen LogP contribution in [0.15, 0.2) is 12.1 Å². The van der Waals surface area contributed by atoms with E-state index in [2.05, 4.69) is 12.2 Å². The maximum atomic E-state index is 12.1.